The number of carbonyl (C=O) groups excluding carboxylic acids is 1. The van der Waals surface area contributed by atoms with Crippen molar-refractivity contribution in [1.82, 2.24) is 10.3 Å². The SMILES string of the molecule is CC(C)c1nc([C@H](C)NC(=O)CCc2ccc(C(=O)O)cc2)cs1. The molecule has 6 heteroatoms. The Morgan fingerprint density at radius 2 is 1.88 bits per heavy atom. The van der Waals surface area contributed by atoms with Crippen molar-refractivity contribution < 1.29 is 14.7 Å². The van der Waals surface area contributed by atoms with Gasteiger partial charge in [0.1, 0.15) is 0 Å². The summed E-state index contributed by atoms with van der Waals surface area (Å²) < 4.78 is 0. The van der Waals surface area contributed by atoms with E-state index in [1.807, 2.05) is 12.3 Å². The Labute approximate surface area is 145 Å². The highest BCUT2D eigenvalue weighted by atomic mass is 32.1. The second-order valence-corrected chi connectivity index (χ2v) is 6.95. The van der Waals surface area contributed by atoms with Crippen molar-refractivity contribution in [2.75, 3.05) is 0 Å². The first kappa shape index (κ1) is 18.1. The molecule has 24 heavy (non-hydrogen) atoms. The molecule has 0 radical (unpaired) electrons. The minimum atomic E-state index is -0.947. The fraction of sp³-hybridized carbons (Fsp3) is 0.389. The van der Waals surface area contributed by atoms with Crippen LogP contribution in [-0.4, -0.2) is 22.0 Å². The lowest BCUT2D eigenvalue weighted by molar-refractivity contribution is -0.121. The lowest BCUT2D eigenvalue weighted by Gasteiger charge is -2.12. The molecule has 0 saturated heterocycles. The van der Waals surface area contributed by atoms with E-state index in [2.05, 4.69) is 24.1 Å². The monoisotopic (exact) mass is 346 g/mol. The largest absolute Gasteiger partial charge is 0.478 e. The average Bonchev–Trinajstić information content (AvgIpc) is 3.03. The Balaban J connectivity index is 1.84. The first-order valence-corrected chi connectivity index (χ1v) is 8.81. The van der Waals surface area contributed by atoms with Crippen LogP contribution in [0.3, 0.4) is 0 Å². The Bertz CT molecular complexity index is 707. The number of aromatic carboxylic acids is 1. The first-order valence-electron chi connectivity index (χ1n) is 7.93. The fourth-order valence-corrected chi connectivity index (χ4v) is 3.15. The minimum Gasteiger partial charge on any atom is -0.478 e. The summed E-state index contributed by atoms with van der Waals surface area (Å²) in [6.45, 7) is 6.13. The molecule has 1 atom stereocenters. The van der Waals surface area contributed by atoms with Crippen molar-refractivity contribution in [3.05, 3.63) is 51.5 Å². The summed E-state index contributed by atoms with van der Waals surface area (Å²) in [5.41, 5.74) is 2.09. The Morgan fingerprint density at radius 1 is 1.21 bits per heavy atom. The lowest BCUT2D eigenvalue weighted by atomic mass is 10.1. The molecule has 1 heterocycles. The lowest BCUT2D eigenvalue weighted by Crippen LogP contribution is -2.27. The van der Waals surface area contributed by atoms with Crippen LogP contribution in [0.15, 0.2) is 29.6 Å². The van der Waals surface area contributed by atoms with E-state index < -0.39 is 5.97 Å². The van der Waals surface area contributed by atoms with Gasteiger partial charge in [-0.3, -0.25) is 4.79 Å². The maximum atomic E-state index is 12.1. The van der Waals surface area contributed by atoms with Crippen molar-refractivity contribution in [3.63, 3.8) is 0 Å². The van der Waals surface area contributed by atoms with Gasteiger partial charge in [-0.1, -0.05) is 26.0 Å². The highest BCUT2D eigenvalue weighted by Crippen LogP contribution is 2.22. The van der Waals surface area contributed by atoms with Gasteiger partial charge in [0.2, 0.25) is 5.91 Å². The number of thiazole rings is 1. The second kappa shape index (κ2) is 8.06. The summed E-state index contributed by atoms with van der Waals surface area (Å²) in [4.78, 5) is 27.5. The quantitative estimate of drug-likeness (QED) is 0.800. The van der Waals surface area contributed by atoms with Gasteiger partial charge in [0.05, 0.1) is 22.3 Å². The summed E-state index contributed by atoms with van der Waals surface area (Å²) in [5, 5.41) is 14.9. The number of amides is 1. The molecular weight excluding hydrogens is 324 g/mol. The fourth-order valence-electron chi connectivity index (χ4n) is 2.22. The van der Waals surface area contributed by atoms with Gasteiger partial charge in [0, 0.05) is 17.7 Å². The predicted molar refractivity (Wildman–Crippen MR) is 94.5 cm³/mol. The number of carbonyl (C=O) groups is 2. The van der Waals surface area contributed by atoms with Crippen LogP contribution in [0.4, 0.5) is 0 Å². The topological polar surface area (TPSA) is 79.3 Å². The molecule has 5 nitrogen and oxygen atoms in total. The predicted octanol–water partition coefficient (Wildman–Crippen LogP) is 3.77. The van der Waals surface area contributed by atoms with Crippen molar-refractivity contribution in [1.29, 1.82) is 0 Å². The molecular formula is C18H22N2O3S. The van der Waals surface area contributed by atoms with Crippen LogP contribution < -0.4 is 5.32 Å². The van der Waals surface area contributed by atoms with E-state index in [0.717, 1.165) is 16.3 Å². The summed E-state index contributed by atoms with van der Waals surface area (Å²) in [6.07, 6.45) is 0.935. The smallest absolute Gasteiger partial charge is 0.335 e. The highest BCUT2D eigenvalue weighted by molar-refractivity contribution is 7.09. The molecule has 2 aromatic rings. The third-order valence-corrected chi connectivity index (χ3v) is 4.86. The van der Waals surface area contributed by atoms with Crippen LogP contribution in [0.1, 0.15) is 65.8 Å². The molecule has 2 N–H and O–H groups in total. The Hall–Kier alpha value is -2.21. The van der Waals surface area contributed by atoms with E-state index in [-0.39, 0.29) is 17.5 Å². The van der Waals surface area contributed by atoms with E-state index in [4.69, 9.17) is 5.11 Å². The molecule has 0 fully saturated rings. The van der Waals surface area contributed by atoms with Crippen LogP contribution in [0.5, 0.6) is 0 Å². The maximum absolute atomic E-state index is 12.1. The van der Waals surface area contributed by atoms with Gasteiger partial charge in [0.25, 0.3) is 0 Å². The first-order chi connectivity index (χ1) is 11.4. The van der Waals surface area contributed by atoms with Crippen LogP contribution in [-0.2, 0) is 11.2 Å². The van der Waals surface area contributed by atoms with Gasteiger partial charge < -0.3 is 10.4 Å². The van der Waals surface area contributed by atoms with Gasteiger partial charge in [-0.05, 0) is 31.0 Å². The summed E-state index contributed by atoms with van der Waals surface area (Å²) in [6, 6.07) is 6.49. The number of hydrogen-bond acceptors (Lipinski definition) is 4. The summed E-state index contributed by atoms with van der Waals surface area (Å²) in [5.74, 6) is -0.596. The van der Waals surface area contributed by atoms with E-state index in [1.54, 1.807) is 35.6 Å². The number of nitrogens with zero attached hydrogens (tertiary/aromatic N) is 1. The number of aryl methyl sites for hydroxylation is 1. The number of carboxylic acid groups (broad SMARTS) is 1. The van der Waals surface area contributed by atoms with Crippen molar-refractivity contribution in [2.24, 2.45) is 0 Å². The molecule has 1 aromatic heterocycles. The Kier molecular flexibility index (Phi) is 6.09. The summed E-state index contributed by atoms with van der Waals surface area (Å²) in [7, 11) is 0. The molecule has 0 bridgehead atoms. The van der Waals surface area contributed by atoms with Crippen molar-refractivity contribution in [3.8, 4) is 0 Å². The van der Waals surface area contributed by atoms with Crippen LogP contribution >= 0.6 is 11.3 Å². The standard InChI is InChI=1S/C18H22N2O3S/c1-11(2)17-20-15(10-24-17)12(3)19-16(21)9-6-13-4-7-14(8-5-13)18(22)23/h4-5,7-8,10-12H,6,9H2,1-3H3,(H,19,21)(H,22,23)/t12-/m0/s1. The molecule has 0 aliphatic heterocycles. The molecule has 0 saturated carbocycles. The van der Waals surface area contributed by atoms with Gasteiger partial charge in [-0.15, -0.1) is 11.3 Å². The molecule has 128 valence electrons. The molecule has 0 spiro atoms. The number of rotatable bonds is 7. The maximum Gasteiger partial charge on any atom is 0.335 e. The van der Waals surface area contributed by atoms with E-state index in [1.165, 1.54) is 0 Å². The van der Waals surface area contributed by atoms with E-state index >= 15 is 0 Å². The normalized spacial score (nSPS) is 12.2. The number of carboxylic acids is 1. The van der Waals surface area contributed by atoms with Gasteiger partial charge >= 0.3 is 5.97 Å². The third kappa shape index (κ3) is 4.89. The van der Waals surface area contributed by atoms with Crippen molar-refractivity contribution in [2.45, 2.75) is 45.6 Å². The van der Waals surface area contributed by atoms with E-state index in [9.17, 15) is 9.59 Å². The van der Waals surface area contributed by atoms with E-state index in [0.29, 0.717) is 18.8 Å². The number of benzene rings is 1. The van der Waals surface area contributed by atoms with Gasteiger partial charge in [-0.2, -0.15) is 0 Å². The number of hydrogen-bond donors (Lipinski definition) is 2. The second-order valence-electron chi connectivity index (χ2n) is 6.06. The van der Waals surface area contributed by atoms with Gasteiger partial charge in [-0.25, -0.2) is 9.78 Å². The molecule has 2 rings (SSSR count). The van der Waals surface area contributed by atoms with Crippen LogP contribution in [0.25, 0.3) is 0 Å². The zero-order chi connectivity index (χ0) is 17.7. The number of nitrogens with one attached hydrogen (secondary N) is 1. The third-order valence-electron chi connectivity index (χ3n) is 3.70. The van der Waals surface area contributed by atoms with Crippen molar-refractivity contribution >= 4 is 23.2 Å². The molecule has 1 aromatic carbocycles. The highest BCUT2D eigenvalue weighted by Gasteiger charge is 2.14. The summed E-state index contributed by atoms with van der Waals surface area (Å²) >= 11 is 1.62. The molecule has 1 amide bonds. The molecule has 0 aliphatic rings. The van der Waals surface area contributed by atoms with Crippen LogP contribution in [0, 0.1) is 0 Å². The molecule has 0 aliphatic carbocycles. The minimum absolute atomic E-state index is 0.0380. The molecule has 0 unspecified atom stereocenters. The Morgan fingerprint density at radius 3 is 2.42 bits per heavy atom. The zero-order valence-corrected chi connectivity index (χ0v) is 14.9. The zero-order valence-electron chi connectivity index (χ0n) is 14.1. The number of aromatic nitrogens is 1. The van der Waals surface area contributed by atoms with Crippen LogP contribution in [0.2, 0.25) is 0 Å². The van der Waals surface area contributed by atoms with Gasteiger partial charge in [0.15, 0.2) is 0 Å². The average molecular weight is 346 g/mol.